The maximum absolute atomic E-state index is 10.5. The van der Waals surface area contributed by atoms with Crippen LogP contribution in [-0.4, -0.2) is 17.4 Å². The van der Waals surface area contributed by atoms with Crippen molar-refractivity contribution in [2.24, 2.45) is 16.8 Å². The predicted molar refractivity (Wildman–Crippen MR) is 115 cm³/mol. The van der Waals surface area contributed by atoms with Crippen molar-refractivity contribution in [2.75, 3.05) is 0 Å². The van der Waals surface area contributed by atoms with E-state index in [9.17, 15) is 9.90 Å². The Balaban J connectivity index is 0.000000397. The number of hydrogen-bond acceptors (Lipinski definition) is 3. The van der Waals surface area contributed by atoms with Crippen molar-refractivity contribution >= 4 is 17.8 Å². The Morgan fingerprint density at radius 3 is 2.04 bits per heavy atom. The van der Waals surface area contributed by atoms with Crippen molar-refractivity contribution in [1.29, 1.82) is 0 Å². The normalized spacial score (nSPS) is 14.6. The van der Waals surface area contributed by atoms with E-state index in [1.54, 1.807) is 12.1 Å². The summed E-state index contributed by atoms with van der Waals surface area (Å²) in [5, 5.41) is 13.1. The van der Waals surface area contributed by atoms with Gasteiger partial charge >= 0.3 is 6.03 Å². The van der Waals surface area contributed by atoms with Crippen LogP contribution in [0.4, 0.5) is 4.79 Å². The van der Waals surface area contributed by atoms with Gasteiger partial charge in [0.2, 0.25) is 0 Å². The first kappa shape index (κ1) is 21.2. The van der Waals surface area contributed by atoms with Gasteiger partial charge in [0, 0.05) is 0 Å². The van der Waals surface area contributed by atoms with Crippen LogP contribution in [0.2, 0.25) is 0 Å². The van der Waals surface area contributed by atoms with E-state index in [0.717, 1.165) is 28.2 Å². The Morgan fingerprint density at radius 2 is 1.61 bits per heavy atom. The highest BCUT2D eigenvalue weighted by Crippen LogP contribution is 2.25. The molecule has 1 aliphatic carbocycles. The third-order valence-electron chi connectivity index (χ3n) is 4.72. The van der Waals surface area contributed by atoms with Crippen molar-refractivity contribution < 1.29 is 9.90 Å². The Kier molecular flexibility index (Phi) is 8.28. The van der Waals surface area contributed by atoms with Crippen molar-refractivity contribution in [3.8, 4) is 5.75 Å². The van der Waals surface area contributed by atoms with Crippen LogP contribution < -0.4 is 11.2 Å². The number of nitrogens with two attached hydrogens (primary N) is 1. The van der Waals surface area contributed by atoms with Crippen molar-refractivity contribution in [3.05, 3.63) is 71.3 Å². The van der Waals surface area contributed by atoms with E-state index >= 15 is 0 Å². The number of allylic oxidation sites excluding steroid dienone is 1. The number of rotatable bonds is 4. The Labute approximate surface area is 167 Å². The number of nitrogens with one attached hydrogen (secondary N) is 1. The van der Waals surface area contributed by atoms with E-state index in [4.69, 9.17) is 5.73 Å². The van der Waals surface area contributed by atoms with Crippen LogP contribution in [0, 0.1) is 5.92 Å². The van der Waals surface area contributed by atoms with Crippen molar-refractivity contribution in [2.45, 2.75) is 39.5 Å². The van der Waals surface area contributed by atoms with Crippen LogP contribution in [0.1, 0.15) is 56.2 Å². The molecule has 2 aromatic carbocycles. The predicted octanol–water partition coefficient (Wildman–Crippen LogP) is 5.04. The number of benzene rings is 2. The Hall–Kier alpha value is -3.08. The second-order valence-electron chi connectivity index (χ2n) is 7.00. The minimum absolute atomic E-state index is 0.243. The van der Waals surface area contributed by atoms with E-state index in [1.165, 1.54) is 31.9 Å². The van der Waals surface area contributed by atoms with Gasteiger partial charge in [-0.1, -0.05) is 75.1 Å². The smallest absolute Gasteiger partial charge is 0.332 e. The molecule has 0 aliphatic heterocycles. The molecular weight excluding hydrogens is 350 g/mol. The van der Waals surface area contributed by atoms with Gasteiger partial charge in [0.1, 0.15) is 5.75 Å². The Morgan fingerprint density at radius 1 is 1.07 bits per heavy atom. The number of urea groups is 1. The van der Waals surface area contributed by atoms with E-state index in [0.29, 0.717) is 0 Å². The fraction of sp³-hybridized carbons (Fsp3) is 0.304. The summed E-state index contributed by atoms with van der Waals surface area (Å²) in [6.07, 6.45) is 9.48. The average molecular weight is 380 g/mol. The first-order valence-corrected chi connectivity index (χ1v) is 9.64. The molecule has 0 aromatic heterocycles. The lowest BCUT2D eigenvalue weighted by Gasteiger charge is -2.08. The van der Waals surface area contributed by atoms with Crippen molar-refractivity contribution in [1.82, 2.24) is 5.43 Å². The molecular formula is C23H29N3O2. The maximum atomic E-state index is 10.5. The zero-order chi connectivity index (χ0) is 20.4. The topological polar surface area (TPSA) is 87.7 Å². The highest BCUT2D eigenvalue weighted by molar-refractivity contribution is 5.84. The molecule has 1 aliphatic rings. The number of aromatic hydroxyl groups is 1. The summed E-state index contributed by atoms with van der Waals surface area (Å²) in [5.41, 5.74) is 11.1. The Bertz CT molecular complexity index is 803. The third kappa shape index (κ3) is 6.91. The van der Waals surface area contributed by atoms with Gasteiger partial charge in [-0.15, -0.1) is 0 Å². The summed E-state index contributed by atoms with van der Waals surface area (Å²) in [7, 11) is 0. The fourth-order valence-corrected chi connectivity index (χ4v) is 3.19. The molecule has 4 N–H and O–H groups in total. The van der Waals surface area contributed by atoms with Gasteiger partial charge in [0.15, 0.2) is 0 Å². The SMILES string of the molecule is C/C=C(\c1ccc(O)cc1)c1ccc(/C=N/NC(N)=O)cc1.CC1CCCC1. The molecule has 0 atom stereocenters. The van der Waals surface area contributed by atoms with Crippen molar-refractivity contribution in [3.63, 3.8) is 0 Å². The van der Waals surface area contributed by atoms with E-state index < -0.39 is 6.03 Å². The monoisotopic (exact) mass is 379 g/mol. The highest BCUT2D eigenvalue weighted by atomic mass is 16.3. The molecule has 28 heavy (non-hydrogen) atoms. The second-order valence-corrected chi connectivity index (χ2v) is 7.00. The highest BCUT2D eigenvalue weighted by Gasteiger charge is 2.07. The largest absolute Gasteiger partial charge is 0.508 e. The third-order valence-corrected chi connectivity index (χ3v) is 4.72. The summed E-state index contributed by atoms with van der Waals surface area (Å²) in [6.45, 7) is 4.31. The molecule has 0 spiro atoms. The van der Waals surface area contributed by atoms with E-state index in [2.05, 4.69) is 17.5 Å². The number of phenolic OH excluding ortho intramolecular Hbond substituents is 1. The molecule has 2 amide bonds. The van der Waals surface area contributed by atoms with Gasteiger partial charge < -0.3 is 10.8 Å². The van der Waals surface area contributed by atoms with Crippen LogP contribution in [-0.2, 0) is 0 Å². The fourth-order valence-electron chi connectivity index (χ4n) is 3.19. The molecule has 148 valence electrons. The van der Waals surface area contributed by atoms with Gasteiger partial charge in [-0.2, -0.15) is 5.10 Å². The minimum atomic E-state index is -0.698. The minimum Gasteiger partial charge on any atom is -0.508 e. The zero-order valence-corrected chi connectivity index (χ0v) is 16.6. The van der Waals surface area contributed by atoms with Gasteiger partial charge in [0.25, 0.3) is 0 Å². The molecule has 0 radical (unpaired) electrons. The molecule has 0 bridgehead atoms. The number of phenols is 1. The van der Waals surface area contributed by atoms with Crippen LogP contribution in [0.25, 0.3) is 5.57 Å². The molecule has 0 heterocycles. The summed E-state index contributed by atoms with van der Waals surface area (Å²) < 4.78 is 0. The molecule has 2 aromatic rings. The number of nitrogens with zero attached hydrogens (tertiary/aromatic N) is 1. The summed E-state index contributed by atoms with van der Waals surface area (Å²) in [4.78, 5) is 10.5. The summed E-state index contributed by atoms with van der Waals surface area (Å²) >= 11 is 0. The van der Waals surface area contributed by atoms with E-state index in [-0.39, 0.29) is 5.75 Å². The number of hydrazone groups is 1. The molecule has 3 rings (SSSR count). The lowest BCUT2D eigenvalue weighted by Crippen LogP contribution is -2.24. The average Bonchev–Trinajstić information content (AvgIpc) is 3.16. The number of primary amides is 1. The second kappa shape index (κ2) is 10.9. The molecule has 5 heteroatoms. The number of amides is 2. The quantitative estimate of drug-likeness (QED) is 0.513. The molecule has 1 saturated carbocycles. The lowest BCUT2D eigenvalue weighted by atomic mass is 9.97. The van der Waals surface area contributed by atoms with E-state index in [1.807, 2.05) is 49.4 Å². The summed E-state index contributed by atoms with van der Waals surface area (Å²) in [5.74, 6) is 1.29. The molecule has 0 unspecified atom stereocenters. The van der Waals surface area contributed by atoms with Gasteiger partial charge in [0.05, 0.1) is 6.21 Å². The molecule has 5 nitrogen and oxygen atoms in total. The van der Waals surface area contributed by atoms with Gasteiger partial charge in [-0.3, -0.25) is 0 Å². The van der Waals surface area contributed by atoms with Gasteiger partial charge in [-0.25, -0.2) is 10.2 Å². The zero-order valence-electron chi connectivity index (χ0n) is 16.6. The standard InChI is InChI=1S/C17H17N3O2.C6H12/c1-2-16(14-7-9-15(21)10-8-14)13-5-3-12(4-6-13)11-19-20-17(18)22;1-6-4-2-3-5-6/h2-11,21H,1H3,(H3,18,20,22);6H,2-5H2,1H3/b16-2-,19-11+;. The van der Waals surface area contributed by atoms with Crippen LogP contribution in [0.5, 0.6) is 5.75 Å². The first-order chi connectivity index (χ1) is 13.5. The molecule has 1 fully saturated rings. The summed E-state index contributed by atoms with van der Waals surface area (Å²) in [6, 6.07) is 14.1. The number of carbonyl (C=O) groups excluding carboxylic acids is 1. The first-order valence-electron chi connectivity index (χ1n) is 9.64. The van der Waals surface area contributed by atoms with Crippen LogP contribution in [0.3, 0.4) is 0 Å². The number of carbonyl (C=O) groups is 1. The van der Waals surface area contributed by atoms with Crippen LogP contribution >= 0.6 is 0 Å². The van der Waals surface area contributed by atoms with Gasteiger partial charge in [-0.05, 0) is 47.2 Å². The maximum Gasteiger partial charge on any atom is 0.332 e. The number of hydrogen-bond donors (Lipinski definition) is 3. The van der Waals surface area contributed by atoms with Crippen LogP contribution in [0.15, 0.2) is 59.7 Å². The lowest BCUT2D eigenvalue weighted by molar-refractivity contribution is 0.249. The molecule has 0 saturated heterocycles.